The minimum Gasteiger partial charge on any atom is -0.477 e. The van der Waals surface area contributed by atoms with Crippen LogP contribution < -0.4 is 0 Å². The van der Waals surface area contributed by atoms with E-state index in [0.29, 0.717) is 11.0 Å². The first kappa shape index (κ1) is 75.5. The molecule has 0 spiro atoms. The summed E-state index contributed by atoms with van der Waals surface area (Å²) in [6.07, 6.45) is 78.3. The van der Waals surface area contributed by atoms with Crippen LogP contribution in [0.1, 0.15) is 284 Å². The van der Waals surface area contributed by atoms with Crippen LogP contribution in [0.5, 0.6) is 0 Å². The maximum Gasteiger partial charge on any atom is 0.361 e. The van der Waals surface area contributed by atoms with Gasteiger partial charge in [-0.05, 0) is 89.9 Å². The molecule has 0 fully saturated rings. The number of likely N-dealkylation sites (N-methyl/N-ethyl adjacent to an activating group) is 1. The van der Waals surface area contributed by atoms with Crippen LogP contribution in [0.4, 0.5) is 0 Å². The molecule has 0 aliphatic rings. The van der Waals surface area contributed by atoms with Gasteiger partial charge in [-0.15, -0.1) is 0 Å². The Morgan fingerprint density at radius 1 is 0.392 bits per heavy atom. The van der Waals surface area contributed by atoms with Crippen molar-refractivity contribution in [3.05, 3.63) is 85.1 Å². The quantitative estimate of drug-likeness (QED) is 0.0211. The number of hydrogen-bond donors (Lipinski definition) is 1. The second kappa shape index (κ2) is 60.6. The van der Waals surface area contributed by atoms with E-state index in [1.54, 1.807) is 0 Å². The van der Waals surface area contributed by atoms with E-state index in [4.69, 9.17) is 18.9 Å². The number of nitrogens with zero attached hydrogens (tertiary/aromatic N) is 1. The smallest absolute Gasteiger partial charge is 0.361 e. The standard InChI is InChI=1S/C70H123NO8/c1-6-8-10-12-14-16-18-20-22-24-26-27-28-29-30-31-32-33-34-35-36-37-38-39-40-41-43-45-47-49-51-53-55-57-59-61-68(73)79-66(65-78-70(69(74)75)76-63-62-71(3,4)5)64-77-67(72)60-58-56-54-52-50-48-46-44-42-25-23-21-19-17-15-13-11-9-7-2/h8,10,14-17,20-23,26-27,42,44,66,70H,6-7,9,11-13,18-19,24-25,28-41,43,45-65H2,1-5H3/p+1/b10-8-,16-14-,17-15-,22-20-,23-21-,27-26-,44-42-. The van der Waals surface area contributed by atoms with Gasteiger partial charge in [-0.25, -0.2) is 4.79 Å². The minimum absolute atomic E-state index is 0.184. The molecule has 0 saturated carbocycles. The largest absolute Gasteiger partial charge is 0.477 e. The molecule has 1 N–H and O–H groups in total. The molecule has 2 unspecified atom stereocenters. The second-order valence-corrected chi connectivity index (χ2v) is 23.0. The molecule has 79 heavy (non-hydrogen) atoms. The molecule has 9 nitrogen and oxygen atoms in total. The van der Waals surface area contributed by atoms with Crippen molar-refractivity contribution in [1.82, 2.24) is 0 Å². The van der Waals surface area contributed by atoms with Crippen LogP contribution in [0.2, 0.25) is 0 Å². The van der Waals surface area contributed by atoms with E-state index in [0.717, 1.165) is 89.9 Å². The van der Waals surface area contributed by atoms with E-state index >= 15 is 0 Å². The fraction of sp³-hybridized carbons (Fsp3) is 0.757. The lowest BCUT2D eigenvalue weighted by Gasteiger charge is -2.25. The molecule has 9 heteroatoms. The third-order valence-corrected chi connectivity index (χ3v) is 14.1. The van der Waals surface area contributed by atoms with Gasteiger partial charge >= 0.3 is 17.9 Å². The number of carbonyl (C=O) groups excluding carboxylic acids is 2. The number of carboxylic acids is 1. The number of esters is 2. The summed E-state index contributed by atoms with van der Waals surface area (Å²) in [5.74, 6) is -2.01. The molecule has 0 aromatic carbocycles. The van der Waals surface area contributed by atoms with Crippen molar-refractivity contribution in [2.24, 2.45) is 0 Å². The van der Waals surface area contributed by atoms with E-state index in [2.05, 4.69) is 98.9 Å². The highest BCUT2D eigenvalue weighted by molar-refractivity contribution is 5.71. The summed E-state index contributed by atoms with van der Waals surface area (Å²) >= 11 is 0. The summed E-state index contributed by atoms with van der Waals surface area (Å²) in [5, 5.41) is 9.72. The molecule has 0 amide bonds. The summed E-state index contributed by atoms with van der Waals surface area (Å²) in [7, 11) is 5.97. The average molecular weight is 1110 g/mol. The van der Waals surface area contributed by atoms with Crippen molar-refractivity contribution in [2.75, 3.05) is 47.5 Å². The Balaban J connectivity index is 4.08. The molecule has 0 heterocycles. The fourth-order valence-electron chi connectivity index (χ4n) is 9.13. The monoisotopic (exact) mass is 1110 g/mol. The maximum absolute atomic E-state index is 12.9. The summed E-state index contributed by atoms with van der Waals surface area (Å²) in [5.41, 5.74) is 0. The van der Waals surface area contributed by atoms with E-state index < -0.39 is 24.3 Å². The first-order valence-corrected chi connectivity index (χ1v) is 32.8. The van der Waals surface area contributed by atoms with Crippen molar-refractivity contribution in [1.29, 1.82) is 0 Å². The van der Waals surface area contributed by atoms with E-state index in [1.165, 1.54) is 167 Å². The number of unbranched alkanes of at least 4 members (excludes halogenated alkanes) is 31. The molecule has 0 aromatic rings. The Morgan fingerprint density at radius 3 is 1.08 bits per heavy atom. The number of allylic oxidation sites excluding steroid dienone is 14. The van der Waals surface area contributed by atoms with Gasteiger partial charge in [-0.2, -0.15) is 0 Å². The van der Waals surface area contributed by atoms with Crippen molar-refractivity contribution in [3.8, 4) is 0 Å². The van der Waals surface area contributed by atoms with Gasteiger partial charge in [0, 0.05) is 12.8 Å². The Hall–Kier alpha value is -3.53. The highest BCUT2D eigenvalue weighted by Crippen LogP contribution is 2.17. The van der Waals surface area contributed by atoms with Gasteiger partial charge in [-0.1, -0.05) is 266 Å². The van der Waals surface area contributed by atoms with Gasteiger partial charge in [0.1, 0.15) is 13.2 Å². The highest BCUT2D eigenvalue weighted by atomic mass is 16.7. The summed E-state index contributed by atoms with van der Waals surface area (Å²) in [6, 6.07) is 0. The zero-order valence-corrected chi connectivity index (χ0v) is 52.0. The summed E-state index contributed by atoms with van der Waals surface area (Å²) < 4.78 is 22.9. The lowest BCUT2D eigenvalue weighted by molar-refractivity contribution is -0.870. The molecule has 0 aliphatic carbocycles. The molecule has 0 aromatic heterocycles. The van der Waals surface area contributed by atoms with E-state index in [9.17, 15) is 19.5 Å². The number of aliphatic carboxylic acids is 1. The average Bonchev–Trinajstić information content (AvgIpc) is 3.42. The number of quaternary nitrogens is 1. The summed E-state index contributed by atoms with van der Waals surface area (Å²) in [6.45, 7) is 4.75. The van der Waals surface area contributed by atoms with Crippen molar-refractivity contribution < 1.29 is 42.9 Å². The van der Waals surface area contributed by atoms with Gasteiger partial charge in [0.15, 0.2) is 6.10 Å². The van der Waals surface area contributed by atoms with Crippen LogP contribution >= 0.6 is 0 Å². The minimum atomic E-state index is -1.52. The highest BCUT2D eigenvalue weighted by Gasteiger charge is 2.25. The second-order valence-electron chi connectivity index (χ2n) is 23.0. The van der Waals surface area contributed by atoms with Crippen LogP contribution in [0, 0.1) is 0 Å². The fourth-order valence-corrected chi connectivity index (χ4v) is 9.13. The SMILES string of the molecule is CC/C=C\C/C=C\C/C=C\C/C=C\CCCCCCCCCCCCCCCCCCCCCCCCC(=O)OC(COC(=O)CCCCCCCC/C=C\C/C=C\C/C=C\CCCCC)COC(OCC[N+](C)(C)C)C(=O)O. The van der Waals surface area contributed by atoms with Crippen molar-refractivity contribution >= 4 is 17.9 Å². The Kier molecular flexibility index (Phi) is 57.9. The predicted molar refractivity (Wildman–Crippen MR) is 336 cm³/mol. The van der Waals surface area contributed by atoms with Crippen molar-refractivity contribution in [3.63, 3.8) is 0 Å². The predicted octanol–water partition coefficient (Wildman–Crippen LogP) is 19.9. The number of ether oxygens (including phenoxy) is 4. The molecule has 0 radical (unpaired) electrons. The Labute approximate surface area is 487 Å². The van der Waals surface area contributed by atoms with Gasteiger partial charge in [0.25, 0.3) is 6.29 Å². The van der Waals surface area contributed by atoms with E-state index in [-0.39, 0.29) is 38.6 Å². The van der Waals surface area contributed by atoms with Crippen LogP contribution in [-0.4, -0.2) is 87.4 Å². The van der Waals surface area contributed by atoms with Crippen molar-refractivity contribution in [2.45, 2.75) is 296 Å². The molecule has 0 saturated heterocycles. The van der Waals surface area contributed by atoms with E-state index in [1.807, 2.05) is 21.1 Å². The van der Waals surface area contributed by atoms with Gasteiger partial charge < -0.3 is 28.5 Å². The molecular formula is C70H124NO8+. The molecule has 2 atom stereocenters. The Morgan fingerprint density at radius 2 is 0.722 bits per heavy atom. The zero-order chi connectivity index (χ0) is 57.6. The molecule has 0 bridgehead atoms. The molecule has 456 valence electrons. The van der Waals surface area contributed by atoms with Gasteiger partial charge in [-0.3, -0.25) is 9.59 Å². The number of hydrogen-bond acceptors (Lipinski definition) is 7. The lowest BCUT2D eigenvalue weighted by Crippen LogP contribution is -2.40. The normalized spacial score (nSPS) is 13.3. The Bertz CT molecular complexity index is 1570. The number of rotatable bonds is 60. The molecule has 0 aliphatic heterocycles. The molecular weight excluding hydrogens is 983 g/mol. The van der Waals surface area contributed by atoms with Crippen LogP contribution in [0.3, 0.4) is 0 Å². The van der Waals surface area contributed by atoms with Crippen LogP contribution in [-0.2, 0) is 33.3 Å². The lowest BCUT2D eigenvalue weighted by atomic mass is 10.0. The number of carbonyl (C=O) groups is 3. The first-order valence-electron chi connectivity index (χ1n) is 32.8. The number of carboxylic acid groups (broad SMARTS) is 1. The third-order valence-electron chi connectivity index (χ3n) is 14.1. The summed E-state index contributed by atoms with van der Waals surface area (Å²) in [4.78, 5) is 37.5. The maximum atomic E-state index is 12.9. The molecule has 0 rings (SSSR count). The third kappa shape index (κ3) is 61.9. The topological polar surface area (TPSA) is 108 Å². The first-order chi connectivity index (χ1) is 38.6. The van der Waals surface area contributed by atoms with Crippen LogP contribution in [0.15, 0.2) is 85.1 Å². The van der Waals surface area contributed by atoms with Crippen LogP contribution in [0.25, 0.3) is 0 Å². The van der Waals surface area contributed by atoms with Gasteiger partial charge in [0.2, 0.25) is 0 Å². The van der Waals surface area contributed by atoms with Gasteiger partial charge in [0.05, 0.1) is 34.4 Å². The zero-order valence-electron chi connectivity index (χ0n) is 52.0.